The first kappa shape index (κ1) is 23.8. The average Bonchev–Trinajstić information content (AvgIpc) is 3.14. The normalized spacial score (nSPS) is 11.8. The average molecular weight is 525 g/mol. The molecule has 0 aliphatic carbocycles. The van der Waals surface area contributed by atoms with Gasteiger partial charge in [-0.15, -0.1) is 0 Å². The Labute approximate surface area is 206 Å². The van der Waals surface area contributed by atoms with Crippen molar-refractivity contribution >= 4 is 56.3 Å². The fourth-order valence-corrected chi connectivity index (χ4v) is 5.32. The predicted octanol–water partition coefficient (Wildman–Crippen LogP) is 5.45. The molecule has 0 atom stereocenters. The first-order valence-corrected chi connectivity index (χ1v) is 12.7. The zero-order chi connectivity index (χ0) is 23.6. The molecule has 7 nitrogen and oxygen atoms in total. The molecule has 2 heterocycles. The van der Waals surface area contributed by atoms with Crippen LogP contribution in [0, 0.1) is 6.92 Å². The van der Waals surface area contributed by atoms with Crippen LogP contribution in [-0.4, -0.2) is 36.1 Å². The summed E-state index contributed by atoms with van der Waals surface area (Å²) >= 11 is 18.2. The number of fused-ring (bicyclic) bond motifs is 1. The highest BCUT2D eigenvalue weighted by molar-refractivity contribution is 7.89. The molecule has 0 saturated carbocycles. The third kappa shape index (κ3) is 5.42. The lowest BCUT2D eigenvalue weighted by Gasteiger charge is -2.12. The number of sulfonamides is 1. The Kier molecular flexibility index (Phi) is 7.11. The summed E-state index contributed by atoms with van der Waals surface area (Å²) in [6.07, 6.45) is 2.27. The van der Waals surface area contributed by atoms with Crippen LogP contribution in [0.1, 0.15) is 12.0 Å². The molecule has 0 unspecified atom stereocenters. The van der Waals surface area contributed by atoms with E-state index in [9.17, 15) is 8.42 Å². The monoisotopic (exact) mass is 523 g/mol. The van der Waals surface area contributed by atoms with Crippen molar-refractivity contribution in [2.24, 2.45) is 0 Å². The third-order valence-corrected chi connectivity index (χ3v) is 7.10. The summed E-state index contributed by atoms with van der Waals surface area (Å²) in [6.45, 7) is 2.66. The Bertz CT molecular complexity index is 1400. The number of hydrogen-bond donors (Lipinski definition) is 2. The Morgan fingerprint density at radius 1 is 1.00 bits per heavy atom. The molecule has 0 radical (unpaired) electrons. The second-order valence-electron chi connectivity index (χ2n) is 7.35. The molecule has 2 N–H and O–H groups in total. The van der Waals surface area contributed by atoms with Gasteiger partial charge in [0.05, 0.1) is 16.8 Å². The highest BCUT2D eigenvalue weighted by Crippen LogP contribution is 2.29. The summed E-state index contributed by atoms with van der Waals surface area (Å²) in [6, 6.07) is 13.6. The van der Waals surface area contributed by atoms with Crippen molar-refractivity contribution in [1.29, 1.82) is 0 Å². The molecule has 11 heteroatoms. The van der Waals surface area contributed by atoms with Crippen LogP contribution >= 0.6 is 34.8 Å². The second-order valence-corrected chi connectivity index (χ2v) is 10.4. The quantitative estimate of drug-likeness (QED) is 0.299. The topological polar surface area (TPSA) is 88.4 Å². The van der Waals surface area contributed by atoms with E-state index in [1.54, 1.807) is 10.7 Å². The highest BCUT2D eigenvalue weighted by atomic mass is 35.5. The minimum absolute atomic E-state index is 0.0280. The van der Waals surface area contributed by atoms with E-state index in [4.69, 9.17) is 39.8 Å². The van der Waals surface area contributed by atoms with Crippen molar-refractivity contribution in [1.82, 2.24) is 19.3 Å². The van der Waals surface area contributed by atoms with E-state index in [1.165, 1.54) is 18.2 Å². The Balaban J connectivity index is 1.46. The van der Waals surface area contributed by atoms with Crippen molar-refractivity contribution in [2.45, 2.75) is 18.2 Å². The van der Waals surface area contributed by atoms with Crippen molar-refractivity contribution < 1.29 is 8.42 Å². The van der Waals surface area contributed by atoms with Gasteiger partial charge in [0.15, 0.2) is 5.65 Å². The van der Waals surface area contributed by atoms with Gasteiger partial charge < -0.3 is 5.32 Å². The molecule has 172 valence electrons. The van der Waals surface area contributed by atoms with Gasteiger partial charge in [0.1, 0.15) is 5.82 Å². The largest absolute Gasteiger partial charge is 0.370 e. The molecule has 33 heavy (non-hydrogen) atoms. The SMILES string of the molecule is Cc1cnn2c(NCCCNS(=O)(=O)c3cc(Cl)cc(Cl)c3)cc(-c3ccccc3Cl)nc12. The lowest BCUT2D eigenvalue weighted by Crippen LogP contribution is -2.26. The maximum Gasteiger partial charge on any atom is 0.240 e. The van der Waals surface area contributed by atoms with E-state index in [0.717, 1.165) is 22.6 Å². The molecule has 0 aliphatic heterocycles. The van der Waals surface area contributed by atoms with Gasteiger partial charge in [-0.3, -0.25) is 0 Å². The zero-order valence-corrected chi connectivity index (χ0v) is 20.6. The maximum absolute atomic E-state index is 12.5. The lowest BCUT2D eigenvalue weighted by molar-refractivity contribution is 0.580. The molecule has 0 fully saturated rings. The summed E-state index contributed by atoms with van der Waals surface area (Å²) in [4.78, 5) is 4.74. The molecule has 0 bridgehead atoms. The summed E-state index contributed by atoms with van der Waals surface area (Å²) in [5, 5.41) is 8.83. The van der Waals surface area contributed by atoms with E-state index in [2.05, 4.69) is 15.1 Å². The lowest BCUT2D eigenvalue weighted by atomic mass is 10.1. The second kappa shape index (κ2) is 9.87. The van der Waals surface area contributed by atoms with Gasteiger partial charge in [-0.25, -0.2) is 18.1 Å². The first-order valence-electron chi connectivity index (χ1n) is 10.0. The Hall–Kier alpha value is -2.36. The van der Waals surface area contributed by atoms with Crippen LogP contribution in [-0.2, 0) is 10.0 Å². The van der Waals surface area contributed by atoms with E-state index < -0.39 is 10.0 Å². The molecule has 2 aromatic carbocycles. The zero-order valence-electron chi connectivity index (χ0n) is 17.5. The Morgan fingerprint density at radius 3 is 2.45 bits per heavy atom. The number of halogens is 3. The van der Waals surface area contributed by atoms with Crippen molar-refractivity contribution in [3.05, 3.63) is 75.4 Å². The van der Waals surface area contributed by atoms with Gasteiger partial charge in [0, 0.05) is 45.4 Å². The molecule has 0 saturated heterocycles. The summed E-state index contributed by atoms with van der Waals surface area (Å²) < 4.78 is 29.3. The van der Waals surface area contributed by atoms with E-state index in [0.29, 0.717) is 23.6 Å². The molecule has 4 aromatic rings. The van der Waals surface area contributed by atoms with E-state index in [-0.39, 0.29) is 21.5 Å². The standard InChI is InChI=1S/C22H20Cl3N5O2S/c1-14-13-27-30-21(12-20(29-22(14)30)18-5-2-3-6-19(18)25)26-7-4-8-28-33(31,32)17-10-15(23)9-16(24)11-17/h2-3,5-6,9-13,26,28H,4,7-8H2,1H3. The van der Waals surface area contributed by atoms with Crippen LogP contribution in [0.4, 0.5) is 5.82 Å². The number of nitrogens with one attached hydrogen (secondary N) is 2. The van der Waals surface area contributed by atoms with Crippen LogP contribution in [0.5, 0.6) is 0 Å². The molecule has 2 aromatic heterocycles. The van der Waals surface area contributed by atoms with Gasteiger partial charge in [0.25, 0.3) is 0 Å². The van der Waals surface area contributed by atoms with Crippen molar-refractivity contribution in [3.8, 4) is 11.3 Å². The molecule has 0 spiro atoms. The van der Waals surface area contributed by atoms with Gasteiger partial charge >= 0.3 is 0 Å². The van der Waals surface area contributed by atoms with Gasteiger partial charge in [0.2, 0.25) is 10.0 Å². The molecular formula is C22H20Cl3N5O2S. The highest BCUT2D eigenvalue weighted by Gasteiger charge is 2.15. The fraction of sp³-hybridized carbons (Fsp3) is 0.182. The van der Waals surface area contributed by atoms with Gasteiger partial charge in [-0.1, -0.05) is 53.0 Å². The van der Waals surface area contributed by atoms with E-state index in [1.807, 2.05) is 37.3 Å². The predicted molar refractivity (Wildman–Crippen MR) is 133 cm³/mol. The number of rotatable bonds is 8. The van der Waals surface area contributed by atoms with Crippen molar-refractivity contribution in [3.63, 3.8) is 0 Å². The van der Waals surface area contributed by atoms with Crippen LogP contribution in [0.2, 0.25) is 15.1 Å². The fourth-order valence-electron chi connectivity index (χ4n) is 3.28. The number of hydrogen-bond acceptors (Lipinski definition) is 5. The summed E-state index contributed by atoms with van der Waals surface area (Å²) in [7, 11) is -3.72. The van der Waals surface area contributed by atoms with Crippen molar-refractivity contribution in [2.75, 3.05) is 18.4 Å². The number of anilines is 1. The smallest absolute Gasteiger partial charge is 0.240 e. The molecule has 0 amide bonds. The minimum Gasteiger partial charge on any atom is -0.370 e. The van der Waals surface area contributed by atoms with E-state index >= 15 is 0 Å². The molecule has 4 rings (SSSR count). The Morgan fingerprint density at radius 2 is 1.73 bits per heavy atom. The van der Waals surface area contributed by atoms with Crippen LogP contribution in [0.3, 0.4) is 0 Å². The molecular weight excluding hydrogens is 505 g/mol. The maximum atomic E-state index is 12.5. The number of aromatic nitrogens is 3. The number of aryl methyl sites for hydroxylation is 1. The summed E-state index contributed by atoms with van der Waals surface area (Å²) in [5.74, 6) is 0.729. The van der Waals surface area contributed by atoms with Crippen LogP contribution in [0.25, 0.3) is 16.9 Å². The minimum atomic E-state index is -3.72. The summed E-state index contributed by atoms with van der Waals surface area (Å²) in [5.41, 5.74) is 3.18. The van der Waals surface area contributed by atoms with Gasteiger partial charge in [-0.05, 0) is 37.6 Å². The number of benzene rings is 2. The number of nitrogens with zero attached hydrogens (tertiary/aromatic N) is 3. The van der Waals surface area contributed by atoms with Gasteiger partial charge in [-0.2, -0.15) is 9.61 Å². The van der Waals surface area contributed by atoms with Crippen LogP contribution < -0.4 is 10.0 Å². The third-order valence-electron chi connectivity index (χ3n) is 4.90. The first-order chi connectivity index (χ1) is 15.7. The van der Waals surface area contributed by atoms with Crippen LogP contribution in [0.15, 0.2) is 59.6 Å². The molecule has 0 aliphatic rings.